The first kappa shape index (κ1) is 12.7. The number of rotatable bonds is 2. The van der Waals surface area contributed by atoms with E-state index in [-0.39, 0.29) is 0 Å². The summed E-state index contributed by atoms with van der Waals surface area (Å²) in [7, 11) is -0.267. The van der Waals surface area contributed by atoms with Crippen molar-refractivity contribution in [3.63, 3.8) is 0 Å². The van der Waals surface area contributed by atoms with Gasteiger partial charge in [-0.3, -0.25) is 0 Å². The number of hydrogen-bond acceptors (Lipinski definition) is 2. The summed E-state index contributed by atoms with van der Waals surface area (Å²) in [5, 5.41) is 0. The normalized spacial score (nSPS) is 12.1. The molecule has 0 bridgehead atoms. The highest BCUT2D eigenvalue weighted by Crippen LogP contribution is 2.25. The highest BCUT2D eigenvalue weighted by molar-refractivity contribution is 9.10. The molecule has 1 aromatic carbocycles. The molecule has 1 aromatic rings. The Hall–Kier alpha value is -0.390. The quantitative estimate of drug-likeness (QED) is 0.839. The Kier molecular flexibility index (Phi) is 3.58. The zero-order valence-electron chi connectivity index (χ0n) is 9.20. The number of sulfonamides is 1. The fraction of sp³-hybridized carbons (Fsp3) is 0.400. The van der Waals surface area contributed by atoms with Crippen LogP contribution in [0.2, 0.25) is 0 Å². The average Bonchev–Trinajstić information content (AvgIpc) is 2.10. The maximum absolute atomic E-state index is 11.9. The zero-order valence-corrected chi connectivity index (χ0v) is 11.6. The largest absolute Gasteiger partial charge is 0.242 e. The Bertz CT molecular complexity index is 480. The van der Waals surface area contributed by atoms with Gasteiger partial charge in [-0.15, -0.1) is 0 Å². The molecular weight excluding hydrogens is 278 g/mol. The molecule has 0 atom stereocenters. The minimum absolute atomic E-state index is 0.369. The third kappa shape index (κ3) is 2.41. The van der Waals surface area contributed by atoms with E-state index in [4.69, 9.17) is 0 Å². The van der Waals surface area contributed by atoms with Crippen molar-refractivity contribution in [1.82, 2.24) is 4.31 Å². The van der Waals surface area contributed by atoms with E-state index >= 15 is 0 Å². The Morgan fingerprint density at radius 2 is 1.67 bits per heavy atom. The van der Waals surface area contributed by atoms with Crippen LogP contribution < -0.4 is 0 Å². The van der Waals surface area contributed by atoms with Crippen LogP contribution in [0.3, 0.4) is 0 Å². The highest BCUT2D eigenvalue weighted by atomic mass is 79.9. The molecule has 0 aliphatic rings. The van der Waals surface area contributed by atoms with E-state index in [1.165, 1.54) is 18.4 Å². The Balaban J connectivity index is 3.46. The van der Waals surface area contributed by atoms with Gasteiger partial charge in [-0.25, -0.2) is 12.7 Å². The molecule has 0 saturated carbocycles. The molecular formula is C10H14BrNO2S. The van der Waals surface area contributed by atoms with E-state index in [2.05, 4.69) is 15.9 Å². The first-order valence-corrected chi connectivity index (χ1v) is 6.69. The van der Waals surface area contributed by atoms with Gasteiger partial charge in [0, 0.05) is 18.6 Å². The van der Waals surface area contributed by atoms with E-state index in [1.54, 1.807) is 13.0 Å². The van der Waals surface area contributed by atoms with Gasteiger partial charge in [0.05, 0.1) is 4.90 Å². The molecule has 0 amide bonds. The van der Waals surface area contributed by atoms with Crippen LogP contribution in [0.1, 0.15) is 11.1 Å². The van der Waals surface area contributed by atoms with Gasteiger partial charge in [-0.05, 0) is 37.1 Å². The van der Waals surface area contributed by atoms with Crippen LogP contribution in [0.5, 0.6) is 0 Å². The van der Waals surface area contributed by atoms with Crippen LogP contribution in [-0.2, 0) is 10.0 Å². The Morgan fingerprint density at radius 3 is 2.13 bits per heavy atom. The number of halogens is 1. The SMILES string of the molecule is Cc1cc(S(=O)(=O)N(C)C)c(C)cc1Br. The van der Waals surface area contributed by atoms with E-state index in [1.807, 2.05) is 13.0 Å². The number of benzene rings is 1. The molecule has 0 aromatic heterocycles. The van der Waals surface area contributed by atoms with Crippen molar-refractivity contribution in [3.8, 4) is 0 Å². The molecule has 1 rings (SSSR count). The molecule has 0 aliphatic heterocycles. The number of aryl methyl sites for hydroxylation is 2. The number of nitrogens with zero attached hydrogens (tertiary/aromatic N) is 1. The van der Waals surface area contributed by atoms with Gasteiger partial charge in [0.2, 0.25) is 10.0 Å². The third-order valence-electron chi connectivity index (χ3n) is 2.21. The molecule has 3 nitrogen and oxygen atoms in total. The highest BCUT2D eigenvalue weighted by Gasteiger charge is 2.20. The van der Waals surface area contributed by atoms with Crippen LogP contribution in [-0.4, -0.2) is 26.8 Å². The van der Waals surface area contributed by atoms with Gasteiger partial charge in [0.1, 0.15) is 0 Å². The summed E-state index contributed by atoms with van der Waals surface area (Å²) in [5.74, 6) is 0. The van der Waals surface area contributed by atoms with Crippen LogP contribution in [0.15, 0.2) is 21.5 Å². The lowest BCUT2D eigenvalue weighted by Crippen LogP contribution is -2.23. The summed E-state index contributed by atoms with van der Waals surface area (Å²) in [6, 6.07) is 3.51. The first-order chi connectivity index (χ1) is 6.76. The molecule has 0 fully saturated rings. The smallest absolute Gasteiger partial charge is 0.207 e. The standard InChI is InChI=1S/C10H14BrNO2S/c1-7-6-10(8(2)5-9(7)11)15(13,14)12(3)4/h5-6H,1-4H3. The van der Waals surface area contributed by atoms with E-state index in [9.17, 15) is 8.42 Å². The second-order valence-corrected chi connectivity index (χ2v) is 6.63. The van der Waals surface area contributed by atoms with Crippen LogP contribution in [0.25, 0.3) is 0 Å². The maximum Gasteiger partial charge on any atom is 0.242 e. The molecule has 0 heterocycles. The lowest BCUT2D eigenvalue weighted by molar-refractivity contribution is 0.520. The van der Waals surface area contributed by atoms with Crippen molar-refractivity contribution < 1.29 is 8.42 Å². The monoisotopic (exact) mass is 291 g/mol. The second-order valence-electron chi connectivity index (χ2n) is 3.65. The molecule has 5 heteroatoms. The summed E-state index contributed by atoms with van der Waals surface area (Å²) < 4.78 is 26.0. The van der Waals surface area contributed by atoms with Crippen LogP contribution in [0, 0.1) is 13.8 Å². The number of hydrogen-bond donors (Lipinski definition) is 0. The topological polar surface area (TPSA) is 37.4 Å². The van der Waals surface area contributed by atoms with E-state index in [0.29, 0.717) is 4.90 Å². The minimum atomic E-state index is -3.33. The fourth-order valence-electron chi connectivity index (χ4n) is 1.23. The lowest BCUT2D eigenvalue weighted by atomic mass is 10.2. The third-order valence-corrected chi connectivity index (χ3v) is 5.03. The summed E-state index contributed by atoms with van der Waals surface area (Å²) >= 11 is 3.38. The van der Waals surface area contributed by atoms with Gasteiger partial charge in [-0.1, -0.05) is 15.9 Å². The van der Waals surface area contributed by atoms with Crippen LogP contribution >= 0.6 is 15.9 Å². The second kappa shape index (κ2) is 4.23. The van der Waals surface area contributed by atoms with Gasteiger partial charge in [-0.2, -0.15) is 0 Å². The molecule has 84 valence electrons. The van der Waals surface area contributed by atoms with Gasteiger partial charge >= 0.3 is 0 Å². The van der Waals surface area contributed by atoms with Crippen molar-refractivity contribution in [3.05, 3.63) is 27.7 Å². The summed E-state index contributed by atoms with van der Waals surface area (Å²) in [5.41, 5.74) is 1.67. The molecule has 0 radical (unpaired) electrons. The molecule has 0 aliphatic carbocycles. The van der Waals surface area contributed by atoms with Crippen molar-refractivity contribution in [2.75, 3.05) is 14.1 Å². The van der Waals surface area contributed by atoms with Crippen LogP contribution in [0.4, 0.5) is 0 Å². The maximum atomic E-state index is 11.9. The first-order valence-electron chi connectivity index (χ1n) is 4.46. The fourth-order valence-corrected chi connectivity index (χ4v) is 2.87. The van der Waals surface area contributed by atoms with Crippen molar-refractivity contribution in [1.29, 1.82) is 0 Å². The predicted octanol–water partition coefficient (Wildman–Crippen LogP) is 2.32. The average molecular weight is 292 g/mol. The summed E-state index contributed by atoms with van der Waals surface area (Å²) in [6.45, 7) is 3.67. The summed E-state index contributed by atoms with van der Waals surface area (Å²) in [4.78, 5) is 0.369. The molecule has 0 spiro atoms. The van der Waals surface area contributed by atoms with Crippen molar-refractivity contribution >= 4 is 26.0 Å². The van der Waals surface area contributed by atoms with Gasteiger partial charge < -0.3 is 0 Å². The lowest BCUT2D eigenvalue weighted by Gasteiger charge is -2.14. The molecule has 0 unspecified atom stereocenters. The Labute approximate surface area is 99.3 Å². The van der Waals surface area contributed by atoms with E-state index in [0.717, 1.165) is 15.6 Å². The van der Waals surface area contributed by atoms with Crippen molar-refractivity contribution in [2.45, 2.75) is 18.7 Å². The van der Waals surface area contributed by atoms with E-state index < -0.39 is 10.0 Å². The zero-order chi connectivity index (χ0) is 11.8. The van der Waals surface area contributed by atoms with Gasteiger partial charge in [0.25, 0.3) is 0 Å². The molecule has 0 N–H and O–H groups in total. The summed E-state index contributed by atoms with van der Waals surface area (Å²) in [6.07, 6.45) is 0. The minimum Gasteiger partial charge on any atom is -0.207 e. The predicted molar refractivity (Wildman–Crippen MR) is 64.5 cm³/mol. The Morgan fingerprint density at radius 1 is 1.13 bits per heavy atom. The van der Waals surface area contributed by atoms with Gasteiger partial charge in [0.15, 0.2) is 0 Å². The van der Waals surface area contributed by atoms with Crippen molar-refractivity contribution in [2.24, 2.45) is 0 Å². The molecule has 15 heavy (non-hydrogen) atoms. The molecule has 0 saturated heterocycles.